The van der Waals surface area contributed by atoms with E-state index in [1.807, 2.05) is 4.72 Å². The van der Waals surface area contributed by atoms with Crippen LogP contribution in [-0.4, -0.2) is 37.7 Å². The van der Waals surface area contributed by atoms with Crippen LogP contribution in [0.25, 0.3) is 0 Å². The standard InChI is InChI=1S/C21H16F4N4O4S2/c22-16-7-3-15(4-8-16)12-33-13-18(30)26-11-1-2-14-5-9-17(10-6-14)35(31,32)29-20-28-27-19(34-20)21(23,24)25/h3-10H,11-13H2,(H,26,30)(H,28,29). The molecule has 8 nitrogen and oxygen atoms in total. The maximum Gasteiger partial charge on any atom is 0.445 e. The molecular formula is C21H16F4N4O4S2. The Labute approximate surface area is 201 Å². The highest BCUT2D eigenvalue weighted by Gasteiger charge is 2.36. The molecule has 184 valence electrons. The van der Waals surface area contributed by atoms with Gasteiger partial charge in [0.2, 0.25) is 16.0 Å². The highest BCUT2D eigenvalue weighted by Crippen LogP contribution is 2.33. The van der Waals surface area contributed by atoms with E-state index in [-0.39, 0.29) is 41.8 Å². The van der Waals surface area contributed by atoms with E-state index >= 15 is 0 Å². The molecule has 14 heteroatoms. The number of anilines is 1. The molecule has 0 saturated carbocycles. The summed E-state index contributed by atoms with van der Waals surface area (Å²) in [6.45, 7) is -0.0529. The van der Waals surface area contributed by atoms with Gasteiger partial charge in [0.1, 0.15) is 12.4 Å². The second-order valence-electron chi connectivity index (χ2n) is 6.74. The number of rotatable bonds is 8. The van der Waals surface area contributed by atoms with Crippen molar-refractivity contribution < 1.29 is 35.5 Å². The van der Waals surface area contributed by atoms with Gasteiger partial charge in [0.25, 0.3) is 10.0 Å². The van der Waals surface area contributed by atoms with Crippen molar-refractivity contribution in [2.45, 2.75) is 17.7 Å². The van der Waals surface area contributed by atoms with E-state index in [1.54, 1.807) is 12.1 Å². The molecule has 3 rings (SSSR count). The van der Waals surface area contributed by atoms with Gasteiger partial charge in [-0.2, -0.15) is 13.2 Å². The fourth-order valence-corrected chi connectivity index (χ4v) is 4.29. The number of nitrogens with one attached hydrogen (secondary N) is 2. The molecule has 0 spiro atoms. The van der Waals surface area contributed by atoms with Crippen molar-refractivity contribution in [3.8, 4) is 11.8 Å². The predicted molar refractivity (Wildman–Crippen MR) is 118 cm³/mol. The van der Waals surface area contributed by atoms with E-state index in [2.05, 4.69) is 27.4 Å². The van der Waals surface area contributed by atoms with Gasteiger partial charge in [0.15, 0.2) is 0 Å². The lowest BCUT2D eigenvalue weighted by Gasteiger charge is -2.05. The number of carbonyl (C=O) groups is 1. The summed E-state index contributed by atoms with van der Waals surface area (Å²) in [4.78, 5) is 11.5. The lowest BCUT2D eigenvalue weighted by Crippen LogP contribution is -2.27. The zero-order chi connectivity index (χ0) is 25.5. The van der Waals surface area contributed by atoms with Crippen molar-refractivity contribution in [2.75, 3.05) is 17.9 Å². The summed E-state index contributed by atoms with van der Waals surface area (Å²) in [5.74, 6) is 4.66. The first-order chi connectivity index (χ1) is 16.5. The molecule has 0 atom stereocenters. The van der Waals surface area contributed by atoms with Crippen LogP contribution in [0, 0.1) is 17.7 Å². The molecule has 35 heavy (non-hydrogen) atoms. The third kappa shape index (κ3) is 8.02. The number of alkyl halides is 3. The van der Waals surface area contributed by atoms with E-state index < -0.39 is 32.2 Å². The van der Waals surface area contributed by atoms with Gasteiger partial charge in [-0.05, 0) is 42.0 Å². The van der Waals surface area contributed by atoms with E-state index in [4.69, 9.17) is 4.74 Å². The molecule has 0 aliphatic rings. The number of nitrogens with zero attached hydrogens (tertiary/aromatic N) is 2. The van der Waals surface area contributed by atoms with E-state index in [0.29, 0.717) is 11.1 Å². The highest BCUT2D eigenvalue weighted by atomic mass is 32.2. The van der Waals surface area contributed by atoms with Crippen molar-refractivity contribution >= 4 is 32.4 Å². The summed E-state index contributed by atoms with van der Waals surface area (Å²) in [5, 5.41) is 6.85. The monoisotopic (exact) mass is 528 g/mol. The minimum Gasteiger partial charge on any atom is -0.367 e. The molecule has 2 N–H and O–H groups in total. The van der Waals surface area contributed by atoms with Gasteiger partial charge in [-0.25, -0.2) is 12.8 Å². The SMILES string of the molecule is O=C(COCc1ccc(F)cc1)NCC#Cc1ccc(S(=O)(=O)Nc2nnc(C(F)(F)F)s2)cc1. The first-order valence-corrected chi connectivity index (χ1v) is 11.9. The Hall–Kier alpha value is -3.54. The topological polar surface area (TPSA) is 110 Å². The minimum absolute atomic E-state index is 0.0128. The molecule has 0 bridgehead atoms. The fourth-order valence-electron chi connectivity index (χ4n) is 2.45. The van der Waals surface area contributed by atoms with Crippen molar-refractivity contribution in [3.63, 3.8) is 0 Å². The lowest BCUT2D eigenvalue weighted by molar-refractivity contribution is -0.138. The molecule has 0 saturated heterocycles. The molecule has 0 radical (unpaired) electrons. The number of benzene rings is 2. The van der Waals surface area contributed by atoms with Crippen LogP contribution in [0.1, 0.15) is 16.1 Å². The smallest absolute Gasteiger partial charge is 0.367 e. The van der Waals surface area contributed by atoms with Gasteiger partial charge >= 0.3 is 6.18 Å². The van der Waals surface area contributed by atoms with Crippen LogP contribution >= 0.6 is 11.3 Å². The first kappa shape index (κ1) is 26.1. The number of sulfonamides is 1. The van der Waals surface area contributed by atoms with Crippen LogP contribution in [0.2, 0.25) is 0 Å². The third-order valence-electron chi connectivity index (χ3n) is 4.08. The van der Waals surface area contributed by atoms with Gasteiger partial charge in [0, 0.05) is 5.56 Å². The van der Waals surface area contributed by atoms with Gasteiger partial charge < -0.3 is 10.1 Å². The number of amides is 1. The lowest BCUT2D eigenvalue weighted by atomic mass is 10.2. The van der Waals surface area contributed by atoms with Crippen LogP contribution < -0.4 is 10.0 Å². The molecule has 0 unspecified atom stereocenters. The summed E-state index contributed by atoms with van der Waals surface area (Å²) in [6.07, 6.45) is -4.72. The number of halogens is 4. The van der Waals surface area contributed by atoms with Crippen molar-refractivity contribution in [1.29, 1.82) is 0 Å². The Morgan fingerprint density at radius 1 is 1.06 bits per heavy atom. The van der Waals surface area contributed by atoms with Crippen LogP contribution in [-0.2, 0) is 32.3 Å². The molecule has 2 aromatic carbocycles. The molecule has 0 aliphatic carbocycles. The maximum atomic E-state index is 12.8. The van der Waals surface area contributed by atoms with E-state index in [9.17, 15) is 30.8 Å². The van der Waals surface area contributed by atoms with E-state index in [0.717, 1.165) is 0 Å². The van der Waals surface area contributed by atoms with Gasteiger partial charge in [-0.15, -0.1) is 10.2 Å². The molecule has 0 aliphatic heterocycles. The summed E-state index contributed by atoms with van der Waals surface area (Å²) < 4.78 is 82.4. The van der Waals surface area contributed by atoms with Gasteiger partial charge in [0.05, 0.1) is 18.0 Å². The molecule has 0 fully saturated rings. The molecular weight excluding hydrogens is 512 g/mol. The Morgan fingerprint density at radius 2 is 1.74 bits per heavy atom. The Kier molecular flexibility index (Phi) is 8.39. The highest BCUT2D eigenvalue weighted by molar-refractivity contribution is 7.93. The second kappa shape index (κ2) is 11.3. The van der Waals surface area contributed by atoms with Crippen LogP contribution in [0.4, 0.5) is 22.7 Å². The van der Waals surface area contributed by atoms with E-state index in [1.165, 1.54) is 36.4 Å². The zero-order valence-electron chi connectivity index (χ0n) is 17.6. The largest absolute Gasteiger partial charge is 0.445 e. The minimum atomic E-state index is -4.72. The third-order valence-corrected chi connectivity index (χ3v) is 6.44. The quantitative estimate of drug-likeness (QED) is 0.343. The summed E-state index contributed by atoms with van der Waals surface area (Å²) in [6, 6.07) is 10.9. The first-order valence-electron chi connectivity index (χ1n) is 9.64. The Bertz CT molecular complexity index is 1330. The Morgan fingerprint density at radius 3 is 2.37 bits per heavy atom. The average Bonchev–Trinajstić information content (AvgIpc) is 3.27. The van der Waals surface area contributed by atoms with Crippen molar-refractivity contribution in [1.82, 2.24) is 15.5 Å². The fraction of sp³-hybridized carbons (Fsp3) is 0.190. The van der Waals surface area contributed by atoms with Crippen LogP contribution in [0.5, 0.6) is 0 Å². The number of hydrogen-bond acceptors (Lipinski definition) is 7. The number of hydrogen-bond donors (Lipinski definition) is 2. The van der Waals surface area contributed by atoms with Crippen LogP contribution in [0.15, 0.2) is 53.4 Å². The molecule has 1 heterocycles. The zero-order valence-corrected chi connectivity index (χ0v) is 19.2. The van der Waals surface area contributed by atoms with Crippen molar-refractivity contribution in [3.05, 3.63) is 70.5 Å². The maximum absolute atomic E-state index is 12.8. The van der Waals surface area contributed by atoms with Crippen molar-refractivity contribution in [2.24, 2.45) is 0 Å². The summed E-state index contributed by atoms with van der Waals surface area (Å²) in [7, 11) is -4.18. The molecule has 3 aromatic rings. The van der Waals surface area contributed by atoms with Crippen LogP contribution in [0.3, 0.4) is 0 Å². The normalized spacial score (nSPS) is 11.4. The summed E-state index contributed by atoms with van der Waals surface area (Å²) in [5.41, 5.74) is 1.16. The predicted octanol–water partition coefficient (Wildman–Crippen LogP) is 3.18. The molecule has 1 amide bonds. The summed E-state index contributed by atoms with van der Waals surface area (Å²) >= 11 is 0.0676. The number of aromatic nitrogens is 2. The second-order valence-corrected chi connectivity index (χ2v) is 9.40. The Balaban J connectivity index is 1.46. The average molecular weight is 529 g/mol. The number of carbonyl (C=O) groups excluding carboxylic acids is 1. The number of ether oxygens (including phenoxy) is 1. The van der Waals surface area contributed by atoms with Gasteiger partial charge in [-0.3, -0.25) is 9.52 Å². The molecule has 1 aromatic heterocycles. The van der Waals surface area contributed by atoms with Gasteiger partial charge in [-0.1, -0.05) is 35.3 Å².